The summed E-state index contributed by atoms with van der Waals surface area (Å²) in [5, 5.41) is 13.9. The number of hydrogen-bond acceptors (Lipinski definition) is 2. The minimum absolute atomic E-state index is 0.0804. The maximum absolute atomic E-state index is 13.1. The number of carbonyl (C=O) groups excluding carboxylic acids is 1. The highest BCUT2D eigenvalue weighted by Crippen LogP contribution is 2.31. The summed E-state index contributed by atoms with van der Waals surface area (Å²) in [4.78, 5) is 11.9. The highest BCUT2D eigenvalue weighted by molar-refractivity contribution is 9.10. The molecule has 0 saturated carbocycles. The zero-order valence-corrected chi connectivity index (χ0v) is 12.8. The fourth-order valence-electron chi connectivity index (χ4n) is 1.57. The number of hydrogen-bond donors (Lipinski definition) is 2. The van der Waals surface area contributed by atoms with Gasteiger partial charge < -0.3 is 10.6 Å². The van der Waals surface area contributed by atoms with Crippen LogP contribution in [0.15, 0.2) is 40.9 Å². The molecule has 2 N–H and O–H groups in total. The number of amides is 2. The predicted molar refractivity (Wildman–Crippen MR) is 82.9 cm³/mol. The summed E-state index contributed by atoms with van der Waals surface area (Å²) in [5.74, 6) is -0.509. The molecule has 106 valence electrons. The van der Waals surface area contributed by atoms with Crippen molar-refractivity contribution in [2.24, 2.45) is 0 Å². The minimum Gasteiger partial charge on any atom is -0.308 e. The number of benzene rings is 2. The van der Waals surface area contributed by atoms with E-state index in [1.165, 1.54) is 6.07 Å². The third-order valence-electron chi connectivity index (χ3n) is 2.52. The smallest absolute Gasteiger partial charge is 0.308 e. The van der Waals surface area contributed by atoms with Crippen molar-refractivity contribution >= 4 is 44.9 Å². The van der Waals surface area contributed by atoms with E-state index in [-0.39, 0.29) is 10.7 Å². The summed E-state index contributed by atoms with van der Waals surface area (Å²) in [7, 11) is 0. The Labute approximate surface area is 133 Å². The number of nitrogens with zero attached hydrogens (tertiary/aromatic N) is 1. The monoisotopic (exact) mass is 367 g/mol. The average molecular weight is 369 g/mol. The molecule has 0 fully saturated rings. The summed E-state index contributed by atoms with van der Waals surface area (Å²) in [5.41, 5.74) is 1.27. The van der Waals surface area contributed by atoms with Crippen LogP contribution >= 0.6 is 27.5 Å². The molecule has 2 rings (SSSR count). The minimum atomic E-state index is -0.533. The Bertz CT molecular complexity index is 705. The van der Waals surface area contributed by atoms with Gasteiger partial charge in [-0.3, -0.25) is 0 Å². The second-order valence-corrected chi connectivity index (χ2v) is 5.27. The summed E-state index contributed by atoms with van der Waals surface area (Å²) in [6.07, 6.45) is 0. The van der Waals surface area contributed by atoms with Crippen molar-refractivity contribution in [2.75, 3.05) is 10.6 Å². The third kappa shape index (κ3) is 3.94. The number of rotatable bonds is 2. The van der Waals surface area contributed by atoms with Crippen molar-refractivity contribution in [3.8, 4) is 6.07 Å². The van der Waals surface area contributed by atoms with Crippen LogP contribution in [-0.4, -0.2) is 6.03 Å². The Balaban J connectivity index is 2.10. The SMILES string of the molecule is N#Cc1ccc(NC(=O)Nc2c(Cl)cc(F)cc2Br)cc1. The molecule has 2 aromatic carbocycles. The van der Waals surface area contributed by atoms with Crippen molar-refractivity contribution in [3.63, 3.8) is 0 Å². The van der Waals surface area contributed by atoms with Crippen LogP contribution in [0.4, 0.5) is 20.6 Å². The van der Waals surface area contributed by atoms with E-state index in [0.29, 0.717) is 15.7 Å². The average Bonchev–Trinajstić information content (AvgIpc) is 2.43. The number of anilines is 2. The van der Waals surface area contributed by atoms with Gasteiger partial charge in [-0.25, -0.2) is 9.18 Å². The van der Waals surface area contributed by atoms with Gasteiger partial charge in [-0.1, -0.05) is 11.6 Å². The number of halogens is 3. The molecule has 2 amide bonds. The topological polar surface area (TPSA) is 64.9 Å². The molecule has 0 unspecified atom stereocenters. The summed E-state index contributed by atoms with van der Waals surface area (Å²) >= 11 is 9.00. The molecular weight excluding hydrogens is 361 g/mol. The van der Waals surface area contributed by atoms with Crippen LogP contribution in [0.5, 0.6) is 0 Å². The van der Waals surface area contributed by atoms with Crippen LogP contribution in [0.25, 0.3) is 0 Å². The van der Waals surface area contributed by atoms with Gasteiger partial charge in [0.15, 0.2) is 0 Å². The predicted octanol–water partition coefficient (Wildman–Crippen LogP) is 4.76. The number of nitriles is 1. The van der Waals surface area contributed by atoms with Gasteiger partial charge in [-0.15, -0.1) is 0 Å². The standard InChI is InChI=1S/C14H8BrClFN3O/c15-11-5-9(17)6-12(16)13(11)20-14(21)19-10-3-1-8(7-18)2-4-10/h1-6H,(H2,19,20,21). The van der Waals surface area contributed by atoms with E-state index in [9.17, 15) is 9.18 Å². The van der Waals surface area contributed by atoms with Gasteiger partial charge in [0, 0.05) is 10.2 Å². The Hall–Kier alpha value is -2.10. The van der Waals surface area contributed by atoms with Crippen molar-refractivity contribution in [3.05, 3.63) is 57.3 Å². The van der Waals surface area contributed by atoms with E-state index in [0.717, 1.165) is 6.07 Å². The Morgan fingerprint density at radius 3 is 2.48 bits per heavy atom. The van der Waals surface area contributed by atoms with Crippen molar-refractivity contribution in [2.45, 2.75) is 0 Å². The molecule has 2 aromatic rings. The maximum Gasteiger partial charge on any atom is 0.323 e. The van der Waals surface area contributed by atoms with E-state index < -0.39 is 11.8 Å². The first-order valence-corrected chi connectivity index (χ1v) is 6.89. The van der Waals surface area contributed by atoms with Crippen molar-refractivity contribution in [1.29, 1.82) is 5.26 Å². The Morgan fingerprint density at radius 2 is 1.90 bits per heavy atom. The highest BCUT2D eigenvalue weighted by atomic mass is 79.9. The van der Waals surface area contributed by atoms with Crippen LogP contribution in [0, 0.1) is 17.1 Å². The molecule has 0 heterocycles. The van der Waals surface area contributed by atoms with Crippen LogP contribution in [0.3, 0.4) is 0 Å². The van der Waals surface area contributed by atoms with E-state index in [4.69, 9.17) is 16.9 Å². The largest absolute Gasteiger partial charge is 0.323 e. The molecule has 0 aromatic heterocycles. The second-order valence-electron chi connectivity index (χ2n) is 4.01. The zero-order chi connectivity index (χ0) is 15.4. The first kappa shape index (κ1) is 15.3. The van der Waals surface area contributed by atoms with Gasteiger partial charge in [0.1, 0.15) is 5.82 Å². The molecule has 21 heavy (non-hydrogen) atoms. The lowest BCUT2D eigenvalue weighted by molar-refractivity contribution is 0.262. The van der Waals surface area contributed by atoms with E-state index in [1.54, 1.807) is 24.3 Å². The first-order chi connectivity index (χ1) is 9.99. The molecule has 0 bridgehead atoms. The molecule has 0 aliphatic rings. The molecule has 0 saturated heterocycles. The Morgan fingerprint density at radius 1 is 1.24 bits per heavy atom. The molecular formula is C14H8BrClFN3O. The highest BCUT2D eigenvalue weighted by Gasteiger charge is 2.11. The summed E-state index contributed by atoms with van der Waals surface area (Å²) < 4.78 is 13.4. The molecule has 0 spiro atoms. The number of urea groups is 1. The molecule has 0 aliphatic heterocycles. The summed E-state index contributed by atoms with van der Waals surface area (Å²) in [6.45, 7) is 0. The lowest BCUT2D eigenvalue weighted by atomic mass is 10.2. The van der Waals surface area contributed by atoms with Gasteiger partial charge in [0.05, 0.1) is 22.3 Å². The lowest BCUT2D eigenvalue weighted by Crippen LogP contribution is -2.20. The van der Waals surface area contributed by atoms with E-state index in [1.807, 2.05) is 6.07 Å². The maximum atomic E-state index is 13.1. The third-order valence-corrected chi connectivity index (χ3v) is 3.44. The van der Waals surface area contributed by atoms with Crippen molar-refractivity contribution < 1.29 is 9.18 Å². The molecule has 0 atom stereocenters. The van der Waals surface area contributed by atoms with E-state index >= 15 is 0 Å². The van der Waals surface area contributed by atoms with Crippen LogP contribution in [0.2, 0.25) is 5.02 Å². The summed E-state index contributed by atoms with van der Waals surface area (Å²) in [6, 6.07) is 10.1. The molecule has 7 heteroatoms. The van der Waals surface area contributed by atoms with Crippen LogP contribution in [-0.2, 0) is 0 Å². The first-order valence-electron chi connectivity index (χ1n) is 5.72. The second kappa shape index (κ2) is 6.57. The lowest BCUT2D eigenvalue weighted by Gasteiger charge is -2.11. The van der Waals surface area contributed by atoms with Gasteiger partial charge in [0.2, 0.25) is 0 Å². The van der Waals surface area contributed by atoms with E-state index in [2.05, 4.69) is 26.6 Å². The fraction of sp³-hybridized carbons (Fsp3) is 0. The van der Waals surface area contributed by atoms with Gasteiger partial charge in [0.25, 0.3) is 0 Å². The molecule has 4 nitrogen and oxygen atoms in total. The van der Waals surface area contributed by atoms with Gasteiger partial charge in [-0.2, -0.15) is 5.26 Å². The van der Waals surface area contributed by atoms with Crippen molar-refractivity contribution in [1.82, 2.24) is 0 Å². The quantitative estimate of drug-likeness (QED) is 0.803. The van der Waals surface area contributed by atoms with Crippen LogP contribution in [0.1, 0.15) is 5.56 Å². The zero-order valence-electron chi connectivity index (χ0n) is 10.5. The Kier molecular flexibility index (Phi) is 4.78. The van der Waals surface area contributed by atoms with Gasteiger partial charge in [-0.05, 0) is 52.3 Å². The molecule has 0 radical (unpaired) electrons. The number of nitrogens with one attached hydrogen (secondary N) is 2. The fourth-order valence-corrected chi connectivity index (χ4v) is 2.46. The normalized spacial score (nSPS) is 9.81. The van der Waals surface area contributed by atoms with Gasteiger partial charge >= 0.3 is 6.03 Å². The molecule has 0 aliphatic carbocycles. The number of carbonyl (C=O) groups is 1. The van der Waals surface area contributed by atoms with Crippen LogP contribution < -0.4 is 10.6 Å².